The van der Waals surface area contributed by atoms with Gasteiger partial charge in [-0.15, -0.1) is 0 Å². The number of carbonyl (C=O) groups excluding carboxylic acids is 3. The van der Waals surface area contributed by atoms with Gasteiger partial charge >= 0.3 is 6.03 Å². The van der Waals surface area contributed by atoms with Gasteiger partial charge in [-0.3, -0.25) is 14.9 Å². The quantitative estimate of drug-likeness (QED) is 0.595. The number of imide groups is 1. The second kappa shape index (κ2) is 7.24. The summed E-state index contributed by atoms with van der Waals surface area (Å²) in [5.41, 5.74) is 0.860. The van der Waals surface area contributed by atoms with E-state index >= 15 is 0 Å². The maximum atomic E-state index is 11.8. The van der Waals surface area contributed by atoms with Crippen LogP contribution in [0.1, 0.15) is 25.0 Å². The lowest BCUT2D eigenvalue weighted by Gasteiger charge is -2.16. The Morgan fingerprint density at radius 2 is 2.08 bits per heavy atom. The number of hydrogen-bond acceptors (Lipinski definition) is 6. The average Bonchev–Trinajstić information content (AvgIpc) is 3.18. The monoisotopic (exact) mass is 332 g/mol. The first-order chi connectivity index (χ1) is 11.6. The molecule has 0 aliphatic carbocycles. The Morgan fingerprint density at radius 3 is 2.79 bits per heavy atom. The van der Waals surface area contributed by atoms with E-state index in [0.717, 1.165) is 24.6 Å². The van der Waals surface area contributed by atoms with Gasteiger partial charge in [-0.1, -0.05) is 0 Å². The van der Waals surface area contributed by atoms with E-state index in [1.807, 2.05) is 6.07 Å². The summed E-state index contributed by atoms with van der Waals surface area (Å²) in [6, 6.07) is 0.591. The van der Waals surface area contributed by atoms with E-state index in [1.165, 1.54) is 12.8 Å². The van der Waals surface area contributed by atoms with E-state index in [-0.39, 0.29) is 12.3 Å². The number of amides is 4. The van der Waals surface area contributed by atoms with Gasteiger partial charge in [-0.25, -0.2) is 14.8 Å². The van der Waals surface area contributed by atoms with Gasteiger partial charge < -0.3 is 15.5 Å². The highest BCUT2D eigenvalue weighted by molar-refractivity contribution is 6.05. The Hall–Kier alpha value is -2.71. The van der Waals surface area contributed by atoms with Crippen LogP contribution in [0, 0.1) is 0 Å². The first kappa shape index (κ1) is 16.2. The Bertz CT molecular complexity index is 644. The van der Waals surface area contributed by atoms with E-state index in [1.54, 1.807) is 6.33 Å². The minimum Gasteiger partial charge on any atom is -0.357 e. The molecule has 2 aliphatic heterocycles. The molecule has 0 aromatic carbocycles. The van der Waals surface area contributed by atoms with E-state index in [0.29, 0.717) is 13.0 Å². The van der Waals surface area contributed by atoms with Crippen LogP contribution >= 0.6 is 0 Å². The summed E-state index contributed by atoms with van der Waals surface area (Å²) in [6.07, 6.45) is 4.42. The predicted molar refractivity (Wildman–Crippen MR) is 85.3 cm³/mol. The molecule has 128 valence electrons. The van der Waals surface area contributed by atoms with E-state index in [9.17, 15) is 14.4 Å². The highest BCUT2D eigenvalue weighted by atomic mass is 16.2. The molecule has 2 aliphatic rings. The fraction of sp³-hybridized carbons (Fsp3) is 0.533. The standard InChI is InChI=1S/C15H20N6O3/c22-13(8-11-14(23)20-15(24)19-11)16-4-3-10-7-12(18-9-17-10)21-5-1-2-6-21/h7,9,11H,1-6,8H2,(H,16,22)(H2,19,20,23,24)/t11-/m0/s1. The highest BCUT2D eigenvalue weighted by Crippen LogP contribution is 2.17. The number of hydrogen-bond donors (Lipinski definition) is 3. The molecule has 0 spiro atoms. The van der Waals surface area contributed by atoms with Crippen molar-refractivity contribution in [1.82, 2.24) is 25.9 Å². The third-order valence-electron chi connectivity index (χ3n) is 4.09. The zero-order valence-corrected chi connectivity index (χ0v) is 13.2. The molecule has 9 heteroatoms. The molecule has 2 saturated heterocycles. The lowest BCUT2D eigenvalue weighted by atomic mass is 10.2. The van der Waals surface area contributed by atoms with Crippen molar-refractivity contribution in [1.29, 1.82) is 0 Å². The van der Waals surface area contributed by atoms with Crippen LogP contribution in [-0.2, 0) is 16.0 Å². The number of nitrogens with zero attached hydrogens (tertiary/aromatic N) is 3. The molecule has 3 heterocycles. The summed E-state index contributed by atoms with van der Waals surface area (Å²) in [4.78, 5) is 45.0. The average molecular weight is 332 g/mol. The Morgan fingerprint density at radius 1 is 1.29 bits per heavy atom. The molecular weight excluding hydrogens is 312 g/mol. The van der Waals surface area contributed by atoms with Crippen molar-refractivity contribution in [3.63, 3.8) is 0 Å². The molecule has 1 aromatic rings. The zero-order valence-electron chi connectivity index (χ0n) is 13.2. The Balaban J connectivity index is 1.44. The van der Waals surface area contributed by atoms with Crippen molar-refractivity contribution >= 4 is 23.7 Å². The smallest absolute Gasteiger partial charge is 0.322 e. The molecule has 0 saturated carbocycles. The number of nitrogens with one attached hydrogen (secondary N) is 3. The molecular formula is C15H20N6O3. The summed E-state index contributed by atoms with van der Waals surface area (Å²) >= 11 is 0. The second-order valence-corrected chi connectivity index (χ2v) is 5.88. The van der Waals surface area contributed by atoms with E-state index in [4.69, 9.17) is 0 Å². The topological polar surface area (TPSA) is 116 Å². The van der Waals surface area contributed by atoms with E-state index < -0.39 is 18.0 Å². The van der Waals surface area contributed by atoms with Crippen LogP contribution in [-0.4, -0.2) is 53.5 Å². The maximum absolute atomic E-state index is 11.8. The SMILES string of the molecule is O=C(C[C@@H]1NC(=O)NC1=O)NCCc1cc(N2CCCC2)ncn1. The van der Waals surface area contributed by atoms with Crippen LogP contribution in [0.25, 0.3) is 0 Å². The van der Waals surface area contributed by atoms with Gasteiger partial charge in [0.05, 0.1) is 6.42 Å². The predicted octanol–water partition coefficient (Wildman–Crippen LogP) is -0.666. The molecule has 1 aromatic heterocycles. The Labute approximate surface area is 139 Å². The fourth-order valence-corrected chi connectivity index (χ4v) is 2.83. The molecule has 3 rings (SSSR count). The molecule has 0 unspecified atom stereocenters. The van der Waals surface area contributed by atoms with Crippen molar-refractivity contribution in [3.8, 4) is 0 Å². The molecule has 0 radical (unpaired) electrons. The summed E-state index contributed by atoms with van der Waals surface area (Å²) in [6.45, 7) is 2.45. The van der Waals surface area contributed by atoms with Crippen LogP contribution in [0.2, 0.25) is 0 Å². The molecule has 24 heavy (non-hydrogen) atoms. The molecule has 4 amide bonds. The van der Waals surface area contributed by atoms with Crippen LogP contribution in [0.3, 0.4) is 0 Å². The summed E-state index contributed by atoms with van der Waals surface area (Å²) < 4.78 is 0. The van der Waals surface area contributed by atoms with Crippen molar-refractivity contribution in [3.05, 3.63) is 18.1 Å². The minimum atomic E-state index is -0.793. The number of anilines is 1. The number of rotatable bonds is 6. The molecule has 1 atom stereocenters. The third-order valence-corrected chi connectivity index (χ3v) is 4.09. The van der Waals surface area contributed by atoms with Crippen LogP contribution in [0.5, 0.6) is 0 Å². The van der Waals surface area contributed by atoms with Gasteiger partial charge in [0.1, 0.15) is 18.2 Å². The first-order valence-electron chi connectivity index (χ1n) is 8.06. The normalized spacial score (nSPS) is 20.0. The van der Waals surface area contributed by atoms with Crippen LogP contribution in [0.4, 0.5) is 10.6 Å². The van der Waals surface area contributed by atoms with Gasteiger partial charge in [0.15, 0.2) is 0 Å². The minimum absolute atomic E-state index is 0.0691. The van der Waals surface area contributed by atoms with Gasteiger partial charge in [-0.05, 0) is 12.8 Å². The molecule has 9 nitrogen and oxygen atoms in total. The first-order valence-corrected chi connectivity index (χ1v) is 8.06. The largest absolute Gasteiger partial charge is 0.357 e. The molecule has 2 fully saturated rings. The summed E-state index contributed by atoms with van der Waals surface area (Å²) in [5.74, 6) is 0.168. The second-order valence-electron chi connectivity index (χ2n) is 5.88. The summed E-state index contributed by atoms with van der Waals surface area (Å²) in [5, 5.41) is 7.23. The van der Waals surface area contributed by atoms with Crippen molar-refractivity contribution in [2.45, 2.75) is 31.7 Å². The Kier molecular flexibility index (Phi) is 4.88. The maximum Gasteiger partial charge on any atom is 0.322 e. The lowest BCUT2D eigenvalue weighted by Crippen LogP contribution is -2.36. The van der Waals surface area contributed by atoms with Gasteiger partial charge in [-0.2, -0.15) is 0 Å². The fourth-order valence-electron chi connectivity index (χ4n) is 2.83. The summed E-state index contributed by atoms with van der Waals surface area (Å²) in [7, 11) is 0. The van der Waals surface area contributed by atoms with Crippen molar-refractivity contribution < 1.29 is 14.4 Å². The molecule has 0 bridgehead atoms. The van der Waals surface area contributed by atoms with Crippen molar-refractivity contribution in [2.24, 2.45) is 0 Å². The van der Waals surface area contributed by atoms with Crippen LogP contribution in [0.15, 0.2) is 12.4 Å². The highest BCUT2D eigenvalue weighted by Gasteiger charge is 2.31. The van der Waals surface area contributed by atoms with Crippen LogP contribution < -0.4 is 20.9 Å². The van der Waals surface area contributed by atoms with Gasteiger partial charge in [0, 0.05) is 37.8 Å². The van der Waals surface area contributed by atoms with Gasteiger partial charge in [0.2, 0.25) is 5.91 Å². The molecule has 3 N–H and O–H groups in total. The van der Waals surface area contributed by atoms with Gasteiger partial charge in [0.25, 0.3) is 5.91 Å². The van der Waals surface area contributed by atoms with Crippen molar-refractivity contribution in [2.75, 3.05) is 24.5 Å². The number of aromatic nitrogens is 2. The number of urea groups is 1. The van der Waals surface area contributed by atoms with E-state index in [2.05, 4.69) is 30.8 Å². The lowest BCUT2D eigenvalue weighted by molar-refractivity contribution is -0.126. The third kappa shape index (κ3) is 3.98. The number of carbonyl (C=O) groups is 3. The zero-order chi connectivity index (χ0) is 16.9.